The molecule has 0 fully saturated rings. The maximum Gasteiger partial charge on any atom is 0.132 e. The molecule has 0 amide bonds. The molecule has 2 heterocycles. The summed E-state index contributed by atoms with van der Waals surface area (Å²) in [7, 11) is 0. The number of phenols is 2. The fourth-order valence-corrected chi connectivity index (χ4v) is 8.46. The third-order valence-electron chi connectivity index (χ3n) is 11.6. The second-order valence-corrected chi connectivity index (χ2v) is 15.8. The largest absolute Gasteiger partial charge is 0.508 e. The second-order valence-electron chi connectivity index (χ2n) is 15.8. The molecule has 3 aromatic carbocycles. The smallest absolute Gasteiger partial charge is 0.132 e. The van der Waals surface area contributed by atoms with Crippen LogP contribution in [-0.4, -0.2) is 15.8 Å². The minimum Gasteiger partial charge on any atom is -0.508 e. The van der Waals surface area contributed by atoms with Crippen LogP contribution in [0.4, 0.5) is 0 Å². The van der Waals surface area contributed by atoms with Crippen LogP contribution in [0.25, 0.3) is 11.1 Å². The number of fused-ring (bicyclic) bond motifs is 4. The van der Waals surface area contributed by atoms with E-state index in [0.717, 1.165) is 90.7 Å². The van der Waals surface area contributed by atoms with Crippen molar-refractivity contribution in [3.05, 3.63) is 70.3 Å². The van der Waals surface area contributed by atoms with E-state index >= 15 is 0 Å². The number of aromatic hydroxyl groups is 2. The average molecular weight is 641 g/mol. The zero-order valence-corrected chi connectivity index (χ0v) is 30.6. The van der Waals surface area contributed by atoms with Crippen LogP contribution >= 0.6 is 0 Å². The highest BCUT2D eigenvalue weighted by atomic mass is 16.5. The van der Waals surface area contributed by atoms with Gasteiger partial charge in [0.05, 0.1) is 5.56 Å². The zero-order chi connectivity index (χ0) is 34.1. The van der Waals surface area contributed by atoms with Gasteiger partial charge in [-0.15, -0.1) is 0 Å². The van der Waals surface area contributed by atoms with Crippen molar-refractivity contribution in [3.8, 4) is 34.1 Å². The first-order valence-electron chi connectivity index (χ1n) is 18.5. The van der Waals surface area contributed by atoms with E-state index in [1.807, 2.05) is 12.1 Å². The van der Waals surface area contributed by atoms with Gasteiger partial charge in [0.1, 0.15) is 34.2 Å². The lowest BCUT2D eigenvalue weighted by molar-refractivity contribution is -0.0264. The Hall–Kier alpha value is -3.14. The van der Waals surface area contributed by atoms with Gasteiger partial charge in [0.15, 0.2) is 0 Å². The van der Waals surface area contributed by atoms with Gasteiger partial charge in [0, 0.05) is 11.1 Å². The molecule has 0 aliphatic carbocycles. The molecule has 2 N–H and O–H groups in total. The maximum absolute atomic E-state index is 11.2. The molecule has 0 bridgehead atoms. The Labute approximate surface area is 284 Å². The third kappa shape index (κ3) is 7.32. The van der Waals surface area contributed by atoms with Gasteiger partial charge >= 0.3 is 0 Å². The van der Waals surface area contributed by atoms with Gasteiger partial charge in [-0.05, 0) is 136 Å². The molecular weight excluding hydrogens is 580 g/mol. The number of aryl methyl sites for hydroxylation is 3. The van der Waals surface area contributed by atoms with Gasteiger partial charge in [0.2, 0.25) is 0 Å². The molecule has 4 heteroatoms. The van der Waals surface area contributed by atoms with Crippen molar-refractivity contribution in [2.45, 2.75) is 138 Å². The molecule has 256 valence electrons. The Morgan fingerprint density at radius 2 is 1.45 bits per heavy atom. The summed E-state index contributed by atoms with van der Waals surface area (Å²) < 4.78 is 13.4. The minimum atomic E-state index is -0.469. The molecule has 0 saturated heterocycles. The Kier molecular flexibility index (Phi) is 10.6. The lowest BCUT2D eigenvalue weighted by Crippen LogP contribution is -2.47. The summed E-state index contributed by atoms with van der Waals surface area (Å²) in [6.07, 6.45) is 10.3. The van der Waals surface area contributed by atoms with E-state index < -0.39 is 5.60 Å². The van der Waals surface area contributed by atoms with Gasteiger partial charge in [0.25, 0.3) is 0 Å². The molecule has 0 aromatic heterocycles. The molecule has 5 rings (SSSR count). The summed E-state index contributed by atoms with van der Waals surface area (Å²) >= 11 is 0. The highest BCUT2D eigenvalue weighted by Crippen LogP contribution is 2.50. The monoisotopic (exact) mass is 640 g/mol. The van der Waals surface area contributed by atoms with Crippen molar-refractivity contribution in [2.24, 2.45) is 23.7 Å². The number of hydrogen-bond donors (Lipinski definition) is 2. The summed E-state index contributed by atoms with van der Waals surface area (Å²) in [5.41, 5.74) is 6.85. The molecule has 0 spiro atoms. The van der Waals surface area contributed by atoms with E-state index in [1.54, 1.807) is 0 Å². The van der Waals surface area contributed by atoms with Crippen LogP contribution in [0.2, 0.25) is 0 Å². The first kappa shape index (κ1) is 35.2. The molecule has 0 radical (unpaired) electrons. The lowest BCUT2D eigenvalue weighted by atomic mass is 9.68. The van der Waals surface area contributed by atoms with Crippen molar-refractivity contribution in [3.63, 3.8) is 0 Å². The van der Waals surface area contributed by atoms with Crippen LogP contribution in [0.3, 0.4) is 0 Å². The molecule has 4 atom stereocenters. The second kappa shape index (κ2) is 14.1. The molecule has 47 heavy (non-hydrogen) atoms. The molecule has 3 aromatic rings. The van der Waals surface area contributed by atoms with Crippen LogP contribution in [0, 0.1) is 23.7 Å². The van der Waals surface area contributed by atoms with Gasteiger partial charge in [-0.1, -0.05) is 79.0 Å². The first-order chi connectivity index (χ1) is 22.3. The predicted molar refractivity (Wildman–Crippen MR) is 195 cm³/mol. The maximum atomic E-state index is 11.2. The summed E-state index contributed by atoms with van der Waals surface area (Å²) in [4.78, 5) is 0. The third-order valence-corrected chi connectivity index (χ3v) is 11.6. The van der Waals surface area contributed by atoms with E-state index in [2.05, 4.69) is 92.6 Å². The first-order valence-corrected chi connectivity index (χ1v) is 18.5. The van der Waals surface area contributed by atoms with Crippen molar-refractivity contribution in [1.29, 1.82) is 0 Å². The predicted octanol–water partition coefficient (Wildman–Crippen LogP) is 11.3. The summed E-state index contributed by atoms with van der Waals surface area (Å²) in [5, 5.41) is 22.0. The van der Waals surface area contributed by atoms with Crippen molar-refractivity contribution < 1.29 is 19.7 Å². The van der Waals surface area contributed by atoms with E-state index in [-0.39, 0.29) is 5.60 Å². The van der Waals surface area contributed by atoms with Crippen LogP contribution < -0.4 is 9.47 Å². The average Bonchev–Trinajstić information content (AvgIpc) is 3.00. The SMILES string of the molecule is CCCCCc1cc(O)c2c(c1)OC(C)(C(C)C(C)C(CCc1ccc3c(c1)-c1c(O)cc(CCC)cc1OC3(C)C)C(C)C)CC2. The van der Waals surface area contributed by atoms with Crippen molar-refractivity contribution >= 4 is 0 Å². The molecule has 4 nitrogen and oxygen atoms in total. The number of ether oxygens (including phenoxy) is 2. The molecule has 2 aliphatic rings. The molecular formula is C43H60O4. The van der Waals surface area contributed by atoms with E-state index in [0.29, 0.717) is 35.2 Å². The number of unbranched alkanes of at least 4 members (excludes halogenated alkanes) is 2. The van der Waals surface area contributed by atoms with Crippen LogP contribution in [0.5, 0.6) is 23.0 Å². The normalized spacial score (nSPS) is 20.0. The molecule has 2 aliphatic heterocycles. The fraction of sp³-hybridized carbons (Fsp3) is 0.581. The number of benzene rings is 3. The van der Waals surface area contributed by atoms with Gasteiger partial charge in [-0.3, -0.25) is 0 Å². The number of phenolic OH excluding ortho intramolecular Hbond substituents is 2. The Morgan fingerprint density at radius 1 is 0.745 bits per heavy atom. The lowest BCUT2D eigenvalue weighted by Gasteiger charge is -2.45. The summed E-state index contributed by atoms with van der Waals surface area (Å²) in [6.45, 7) is 20.4. The Morgan fingerprint density at radius 3 is 2.15 bits per heavy atom. The fourth-order valence-electron chi connectivity index (χ4n) is 8.46. The quantitative estimate of drug-likeness (QED) is 0.183. The topological polar surface area (TPSA) is 58.9 Å². The summed E-state index contributed by atoms with van der Waals surface area (Å²) in [5.74, 6) is 4.24. The standard InChI is InChI=1S/C43H60O4/c1-10-12-13-15-32-23-37(44)34-20-21-43(9,47-39(34)25-32)29(6)28(5)33(27(3)4)18-16-30-17-19-36-35(22-30)41-38(45)24-31(14-11-2)26-40(41)46-42(36,7)8/h17,19,22-29,33,44-45H,10-16,18,20-21H2,1-9H3. The zero-order valence-electron chi connectivity index (χ0n) is 30.6. The van der Waals surface area contributed by atoms with Crippen LogP contribution in [0.1, 0.15) is 129 Å². The van der Waals surface area contributed by atoms with E-state index in [1.165, 1.54) is 24.0 Å². The van der Waals surface area contributed by atoms with Gasteiger partial charge in [-0.25, -0.2) is 0 Å². The Bertz CT molecular complexity index is 1550. The van der Waals surface area contributed by atoms with E-state index in [9.17, 15) is 10.2 Å². The number of rotatable bonds is 13. The Balaban J connectivity index is 1.34. The number of hydrogen-bond acceptors (Lipinski definition) is 4. The van der Waals surface area contributed by atoms with Crippen LogP contribution in [0.15, 0.2) is 42.5 Å². The van der Waals surface area contributed by atoms with Gasteiger partial charge in [-0.2, -0.15) is 0 Å². The van der Waals surface area contributed by atoms with Gasteiger partial charge < -0.3 is 19.7 Å². The summed E-state index contributed by atoms with van der Waals surface area (Å²) in [6, 6.07) is 15.0. The van der Waals surface area contributed by atoms with Crippen LogP contribution in [-0.2, 0) is 31.3 Å². The van der Waals surface area contributed by atoms with Crippen molar-refractivity contribution in [1.82, 2.24) is 0 Å². The minimum absolute atomic E-state index is 0.288. The molecule has 0 saturated carbocycles. The highest BCUT2D eigenvalue weighted by Gasteiger charge is 2.43. The molecule has 4 unspecified atom stereocenters. The van der Waals surface area contributed by atoms with Crippen molar-refractivity contribution in [2.75, 3.05) is 0 Å². The van der Waals surface area contributed by atoms with E-state index in [4.69, 9.17) is 9.47 Å². The highest BCUT2D eigenvalue weighted by molar-refractivity contribution is 5.82.